The molecule has 0 radical (unpaired) electrons. The summed E-state index contributed by atoms with van der Waals surface area (Å²) in [7, 11) is -8.83. The first-order valence-electron chi connectivity index (χ1n) is 4.55. The number of rotatable bonds is 8. The fraction of sp³-hybridized carbons (Fsp3) is 0.571. The maximum atomic E-state index is 11.0. The van der Waals surface area contributed by atoms with E-state index in [0.717, 1.165) is 10.2 Å². The number of hydrogen-bond donors (Lipinski definition) is 3. The summed E-state index contributed by atoms with van der Waals surface area (Å²) in [6, 6.07) is 0. The van der Waals surface area contributed by atoms with Gasteiger partial charge in [0.25, 0.3) is 0 Å². The van der Waals surface area contributed by atoms with Gasteiger partial charge in [0.1, 0.15) is 0 Å². The lowest BCUT2D eigenvalue weighted by Crippen LogP contribution is -2.32. The van der Waals surface area contributed by atoms with Crippen LogP contribution in [-0.4, -0.2) is 39.6 Å². The van der Waals surface area contributed by atoms with Crippen LogP contribution in [0.25, 0.3) is 0 Å². The van der Waals surface area contributed by atoms with E-state index in [-0.39, 0.29) is 18.9 Å². The van der Waals surface area contributed by atoms with Crippen LogP contribution in [0.2, 0.25) is 0 Å². The largest absolute Gasteiger partial charge is 0.353 e. The molecule has 0 unspecified atom stereocenters. The molecule has 0 saturated carbocycles. The summed E-state index contributed by atoms with van der Waals surface area (Å²) in [5.74, 6) is -0.833. The molecule has 0 heterocycles. The van der Waals surface area contributed by atoms with Crippen LogP contribution in [0, 0.1) is 0 Å². The summed E-state index contributed by atoms with van der Waals surface area (Å²) in [6.45, 7) is 3.48. The highest BCUT2D eigenvalue weighted by Crippen LogP contribution is 1.95. The lowest BCUT2D eigenvalue weighted by Gasteiger charge is -2.04. The van der Waals surface area contributed by atoms with Crippen molar-refractivity contribution in [2.45, 2.75) is 12.8 Å². The highest BCUT2D eigenvalue weighted by atomic mass is 32.3. The van der Waals surface area contributed by atoms with Crippen molar-refractivity contribution in [2.24, 2.45) is 0 Å². The summed E-state index contributed by atoms with van der Waals surface area (Å²) in [5.41, 5.74) is 0. The highest BCUT2D eigenvalue weighted by Gasteiger charge is 2.17. The molecule has 17 heavy (non-hydrogen) atoms. The van der Waals surface area contributed by atoms with E-state index in [1.165, 1.54) is 0 Å². The van der Waals surface area contributed by atoms with Gasteiger partial charge in [-0.3, -0.25) is 9.35 Å². The van der Waals surface area contributed by atoms with Gasteiger partial charge in [-0.15, -0.1) is 0 Å². The van der Waals surface area contributed by atoms with Gasteiger partial charge in [0.2, 0.25) is 15.9 Å². The minimum Gasteiger partial charge on any atom is -0.353 e. The predicted octanol–water partition coefficient (Wildman–Crippen LogP) is -1.21. The standard InChI is InChI=1S/C7H14N2O6S2/c1-2-7(10)8-5-3-4-6-16(11,12)9-17(13,14)15/h2,9H,1,3-6H2,(H,8,10)(H,13,14,15). The van der Waals surface area contributed by atoms with Crippen molar-refractivity contribution in [1.82, 2.24) is 9.44 Å². The summed E-state index contributed by atoms with van der Waals surface area (Å²) >= 11 is 0. The van der Waals surface area contributed by atoms with Gasteiger partial charge in [-0.25, -0.2) is 8.42 Å². The quantitative estimate of drug-likeness (QED) is 0.292. The molecule has 0 aromatic heterocycles. The van der Waals surface area contributed by atoms with E-state index in [9.17, 15) is 21.6 Å². The Balaban J connectivity index is 3.89. The Bertz CT molecular complexity index is 467. The van der Waals surface area contributed by atoms with Gasteiger partial charge in [0, 0.05) is 6.54 Å². The summed E-state index contributed by atoms with van der Waals surface area (Å²) < 4.78 is 52.0. The van der Waals surface area contributed by atoms with E-state index in [1.54, 1.807) is 0 Å². The monoisotopic (exact) mass is 286 g/mol. The Morgan fingerprint density at radius 3 is 2.29 bits per heavy atom. The zero-order valence-electron chi connectivity index (χ0n) is 8.92. The third-order valence-electron chi connectivity index (χ3n) is 1.56. The zero-order valence-corrected chi connectivity index (χ0v) is 10.6. The lowest BCUT2D eigenvalue weighted by molar-refractivity contribution is -0.116. The van der Waals surface area contributed by atoms with Crippen molar-refractivity contribution < 1.29 is 26.2 Å². The Kier molecular flexibility index (Phi) is 6.31. The molecule has 0 fully saturated rings. The van der Waals surface area contributed by atoms with Crippen molar-refractivity contribution in [3.05, 3.63) is 12.7 Å². The molecule has 0 aliphatic heterocycles. The lowest BCUT2D eigenvalue weighted by atomic mass is 10.3. The molecular weight excluding hydrogens is 272 g/mol. The van der Waals surface area contributed by atoms with Crippen LogP contribution in [0.5, 0.6) is 0 Å². The minimum atomic E-state index is -4.76. The number of carbonyl (C=O) groups excluding carboxylic acids is 1. The topological polar surface area (TPSA) is 130 Å². The first kappa shape index (κ1) is 16.0. The second-order valence-corrected chi connectivity index (χ2v) is 6.33. The fourth-order valence-corrected chi connectivity index (χ4v) is 3.10. The van der Waals surface area contributed by atoms with Crippen molar-refractivity contribution in [1.29, 1.82) is 0 Å². The second-order valence-electron chi connectivity index (χ2n) is 3.08. The van der Waals surface area contributed by atoms with Crippen LogP contribution in [0.15, 0.2) is 12.7 Å². The van der Waals surface area contributed by atoms with Gasteiger partial charge in [0.15, 0.2) is 0 Å². The van der Waals surface area contributed by atoms with Crippen LogP contribution < -0.4 is 9.44 Å². The van der Waals surface area contributed by atoms with Crippen LogP contribution in [0.4, 0.5) is 0 Å². The van der Waals surface area contributed by atoms with Crippen LogP contribution in [0.3, 0.4) is 0 Å². The van der Waals surface area contributed by atoms with Crippen LogP contribution in [-0.2, 0) is 25.1 Å². The second kappa shape index (κ2) is 6.69. The van der Waals surface area contributed by atoms with Crippen molar-refractivity contribution in [2.75, 3.05) is 12.3 Å². The van der Waals surface area contributed by atoms with E-state index < -0.39 is 26.1 Å². The number of unbranched alkanes of at least 4 members (excludes halogenated alkanes) is 1. The van der Waals surface area contributed by atoms with E-state index in [2.05, 4.69) is 11.9 Å². The Morgan fingerprint density at radius 2 is 1.82 bits per heavy atom. The molecule has 0 atom stereocenters. The van der Waals surface area contributed by atoms with Gasteiger partial charge in [-0.1, -0.05) is 10.7 Å². The predicted molar refractivity (Wildman–Crippen MR) is 60.9 cm³/mol. The van der Waals surface area contributed by atoms with Gasteiger partial charge >= 0.3 is 10.3 Å². The Hall–Kier alpha value is -0.970. The molecule has 0 rings (SSSR count). The number of hydrogen-bond acceptors (Lipinski definition) is 5. The molecule has 0 spiro atoms. The summed E-state index contributed by atoms with van der Waals surface area (Å²) in [6.07, 6.45) is 1.57. The molecule has 0 bridgehead atoms. The Morgan fingerprint density at radius 1 is 1.24 bits per heavy atom. The maximum Gasteiger partial charge on any atom is 0.346 e. The third kappa shape index (κ3) is 9.93. The number of nitrogens with one attached hydrogen (secondary N) is 2. The van der Waals surface area contributed by atoms with Crippen molar-refractivity contribution >= 4 is 26.2 Å². The molecule has 0 aliphatic rings. The smallest absolute Gasteiger partial charge is 0.346 e. The van der Waals surface area contributed by atoms with E-state index in [0.29, 0.717) is 6.42 Å². The van der Waals surface area contributed by atoms with Crippen LogP contribution in [0.1, 0.15) is 12.8 Å². The maximum absolute atomic E-state index is 11.0. The van der Waals surface area contributed by atoms with Crippen LogP contribution >= 0.6 is 0 Å². The molecule has 0 aliphatic carbocycles. The normalized spacial score (nSPS) is 12.1. The average molecular weight is 286 g/mol. The SMILES string of the molecule is C=CC(=O)NCCCCS(=O)(=O)NS(=O)(=O)O. The van der Waals surface area contributed by atoms with E-state index >= 15 is 0 Å². The Labute approximate surface area is 100 Å². The van der Waals surface area contributed by atoms with Crippen molar-refractivity contribution in [3.63, 3.8) is 0 Å². The van der Waals surface area contributed by atoms with Gasteiger partial charge in [-0.2, -0.15) is 8.42 Å². The van der Waals surface area contributed by atoms with E-state index in [4.69, 9.17) is 4.55 Å². The number of sulfonamides is 1. The molecule has 1 amide bonds. The first-order chi connectivity index (χ1) is 7.66. The summed E-state index contributed by atoms with van der Waals surface area (Å²) in [4.78, 5) is 10.7. The average Bonchev–Trinajstić information content (AvgIpc) is 2.12. The van der Waals surface area contributed by atoms with Gasteiger partial charge in [-0.05, 0) is 18.9 Å². The number of carbonyl (C=O) groups is 1. The molecule has 3 N–H and O–H groups in total. The van der Waals surface area contributed by atoms with Gasteiger partial charge < -0.3 is 5.32 Å². The zero-order chi connectivity index (χ0) is 13.5. The molecule has 100 valence electrons. The molecule has 10 heteroatoms. The summed E-state index contributed by atoms with van der Waals surface area (Å²) in [5, 5.41) is 2.43. The minimum absolute atomic E-state index is 0.141. The fourth-order valence-electron chi connectivity index (χ4n) is 0.903. The molecule has 8 nitrogen and oxygen atoms in total. The van der Waals surface area contributed by atoms with Gasteiger partial charge in [0.05, 0.1) is 5.75 Å². The number of amides is 1. The first-order valence-corrected chi connectivity index (χ1v) is 7.64. The highest BCUT2D eigenvalue weighted by molar-refractivity contribution is 8.02. The molecular formula is C7H14N2O6S2. The molecule has 0 saturated heterocycles. The molecule has 0 aromatic carbocycles. The third-order valence-corrected chi connectivity index (χ3v) is 4.24. The molecule has 0 aromatic rings. The van der Waals surface area contributed by atoms with Crippen molar-refractivity contribution in [3.8, 4) is 0 Å². The van der Waals surface area contributed by atoms with E-state index in [1.807, 2.05) is 0 Å².